The van der Waals surface area contributed by atoms with E-state index >= 15 is 0 Å². The highest BCUT2D eigenvalue weighted by Gasteiger charge is 1.97. The zero-order valence-electron chi connectivity index (χ0n) is 8.93. The average molecular weight is 214 g/mol. The fourth-order valence-corrected chi connectivity index (χ4v) is 1.46. The predicted octanol–water partition coefficient (Wildman–Crippen LogP) is 1.71. The lowest BCUT2D eigenvalue weighted by atomic mass is 10.2. The monoisotopic (exact) mass is 214 g/mol. The van der Waals surface area contributed by atoms with Crippen molar-refractivity contribution < 1.29 is 0 Å². The van der Waals surface area contributed by atoms with E-state index in [0.717, 1.165) is 18.7 Å². The number of pyridine rings is 2. The van der Waals surface area contributed by atoms with Gasteiger partial charge in [-0.15, -0.1) is 0 Å². The van der Waals surface area contributed by atoms with Crippen LogP contribution in [0, 0.1) is 0 Å². The van der Waals surface area contributed by atoms with E-state index in [4.69, 9.17) is 5.73 Å². The minimum Gasteiger partial charge on any atom is -0.396 e. The smallest absolute Gasteiger partial charge is 0.0736 e. The molecule has 0 amide bonds. The van der Waals surface area contributed by atoms with E-state index in [0.29, 0.717) is 5.69 Å². The minimum absolute atomic E-state index is 0.675. The topological polar surface area (TPSA) is 63.8 Å². The molecule has 4 heteroatoms. The molecule has 0 spiro atoms. The number of nitrogens with one attached hydrogen (secondary N) is 1. The van der Waals surface area contributed by atoms with Crippen LogP contribution in [0.1, 0.15) is 5.56 Å². The van der Waals surface area contributed by atoms with E-state index < -0.39 is 0 Å². The molecular formula is C12H14N4. The van der Waals surface area contributed by atoms with Crippen LogP contribution in [0.25, 0.3) is 0 Å². The van der Waals surface area contributed by atoms with E-state index in [1.165, 1.54) is 5.56 Å². The normalized spacial score (nSPS) is 10.0. The Bertz CT molecular complexity index is 442. The number of hydrogen-bond donors (Lipinski definition) is 2. The average Bonchev–Trinajstić information content (AvgIpc) is 2.33. The van der Waals surface area contributed by atoms with E-state index in [1.807, 2.05) is 18.3 Å². The lowest BCUT2D eigenvalue weighted by Gasteiger charge is -2.08. The van der Waals surface area contributed by atoms with Crippen LogP contribution in [0.2, 0.25) is 0 Å². The molecule has 0 aliphatic carbocycles. The summed E-state index contributed by atoms with van der Waals surface area (Å²) >= 11 is 0. The van der Waals surface area contributed by atoms with Gasteiger partial charge in [0.15, 0.2) is 0 Å². The maximum Gasteiger partial charge on any atom is 0.0736 e. The molecule has 2 aromatic heterocycles. The van der Waals surface area contributed by atoms with E-state index in [9.17, 15) is 0 Å². The Balaban J connectivity index is 1.87. The second-order valence-electron chi connectivity index (χ2n) is 3.50. The fourth-order valence-electron chi connectivity index (χ4n) is 1.46. The number of hydrogen-bond acceptors (Lipinski definition) is 4. The van der Waals surface area contributed by atoms with Crippen molar-refractivity contribution in [1.29, 1.82) is 0 Å². The maximum atomic E-state index is 5.76. The molecule has 0 saturated carbocycles. The molecule has 0 bridgehead atoms. The molecule has 2 heterocycles. The van der Waals surface area contributed by atoms with Crippen LogP contribution in [0.3, 0.4) is 0 Å². The number of nitrogen functional groups attached to an aromatic ring is 1. The SMILES string of the molecule is Nc1cnccc1NCCc1cccnc1. The second kappa shape index (κ2) is 5.11. The summed E-state index contributed by atoms with van der Waals surface area (Å²) in [7, 11) is 0. The zero-order chi connectivity index (χ0) is 11.2. The van der Waals surface area contributed by atoms with Crippen molar-refractivity contribution in [3.05, 3.63) is 48.5 Å². The summed E-state index contributed by atoms with van der Waals surface area (Å²) in [4.78, 5) is 8.00. The summed E-state index contributed by atoms with van der Waals surface area (Å²) in [6.07, 6.45) is 7.94. The fraction of sp³-hybridized carbons (Fsp3) is 0.167. The molecular weight excluding hydrogens is 200 g/mol. The van der Waals surface area contributed by atoms with Crippen LogP contribution in [0.5, 0.6) is 0 Å². The number of rotatable bonds is 4. The molecule has 3 N–H and O–H groups in total. The van der Waals surface area contributed by atoms with Crippen molar-refractivity contribution in [3.8, 4) is 0 Å². The van der Waals surface area contributed by atoms with Crippen LogP contribution >= 0.6 is 0 Å². The minimum atomic E-state index is 0.675. The molecule has 0 aliphatic heterocycles. The van der Waals surface area contributed by atoms with Gasteiger partial charge < -0.3 is 11.1 Å². The Morgan fingerprint density at radius 2 is 2.00 bits per heavy atom. The van der Waals surface area contributed by atoms with Crippen molar-refractivity contribution in [1.82, 2.24) is 9.97 Å². The van der Waals surface area contributed by atoms with Gasteiger partial charge in [0.25, 0.3) is 0 Å². The molecule has 0 radical (unpaired) electrons. The van der Waals surface area contributed by atoms with Gasteiger partial charge in [0.1, 0.15) is 0 Å². The van der Waals surface area contributed by atoms with Gasteiger partial charge in [-0.05, 0) is 24.1 Å². The molecule has 0 fully saturated rings. The van der Waals surface area contributed by atoms with Crippen molar-refractivity contribution in [2.24, 2.45) is 0 Å². The lowest BCUT2D eigenvalue weighted by Crippen LogP contribution is -2.07. The Hall–Kier alpha value is -2.10. The summed E-state index contributed by atoms with van der Waals surface area (Å²) in [6, 6.07) is 5.87. The third-order valence-corrected chi connectivity index (χ3v) is 2.30. The van der Waals surface area contributed by atoms with Gasteiger partial charge in [-0.2, -0.15) is 0 Å². The van der Waals surface area contributed by atoms with Crippen molar-refractivity contribution >= 4 is 11.4 Å². The highest BCUT2D eigenvalue weighted by Crippen LogP contribution is 2.14. The first kappa shape index (κ1) is 10.4. The Kier molecular flexibility index (Phi) is 3.33. The predicted molar refractivity (Wildman–Crippen MR) is 65.1 cm³/mol. The standard InChI is InChI=1S/C12H14N4/c13-11-9-15-6-4-12(11)16-7-3-10-2-1-5-14-8-10/h1-2,4-6,8-9H,3,7,13H2,(H,15,16). The highest BCUT2D eigenvalue weighted by molar-refractivity contribution is 5.64. The van der Waals surface area contributed by atoms with Gasteiger partial charge in [-0.1, -0.05) is 6.07 Å². The van der Waals surface area contributed by atoms with Gasteiger partial charge in [-0.3, -0.25) is 9.97 Å². The third kappa shape index (κ3) is 2.70. The summed E-state index contributed by atoms with van der Waals surface area (Å²) in [6.45, 7) is 0.833. The van der Waals surface area contributed by atoms with E-state index in [1.54, 1.807) is 18.6 Å². The molecule has 2 aromatic rings. The van der Waals surface area contributed by atoms with Gasteiger partial charge in [0.2, 0.25) is 0 Å². The first-order valence-corrected chi connectivity index (χ1v) is 5.18. The molecule has 16 heavy (non-hydrogen) atoms. The van der Waals surface area contributed by atoms with Crippen molar-refractivity contribution in [2.45, 2.75) is 6.42 Å². The molecule has 4 nitrogen and oxygen atoms in total. The van der Waals surface area contributed by atoms with Crippen molar-refractivity contribution in [3.63, 3.8) is 0 Å². The molecule has 0 saturated heterocycles. The summed E-state index contributed by atoms with van der Waals surface area (Å²) in [5, 5.41) is 3.27. The summed E-state index contributed by atoms with van der Waals surface area (Å²) in [5.41, 5.74) is 8.58. The van der Waals surface area contributed by atoms with Gasteiger partial charge in [0, 0.05) is 25.1 Å². The van der Waals surface area contributed by atoms with Gasteiger partial charge >= 0.3 is 0 Å². The maximum absolute atomic E-state index is 5.76. The molecule has 82 valence electrons. The first-order valence-electron chi connectivity index (χ1n) is 5.18. The van der Waals surface area contributed by atoms with Crippen molar-refractivity contribution in [2.75, 3.05) is 17.6 Å². The van der Waals surface area contributed by atoms with Gasteiger partial charge in [0.05, 0.1) is 17.6 Å². The number of nitrogens with zero attached hydrogens (tertiary/aromatic N) is 2. The molecule has 2 rings (SSSR count). The second-order valence-corrected chi connectivity index (χ2v) is 3.50. The Morgan fingerprint density at radius 1 is 1.12 bits per heavy atom. The number of anilines is 2. The molecule has 0 unspecified atom stereocenters. The molecule has 0 atom stereocenters. The third-order valence-electron chi connectivity index (χ3n) is 2.30. The number of aromatic nitrogens is 2. The van der Waals surface area contributed by atoms with Crippen LogP contribution in [0.4, 0.5) is 11.4 Å². The summed E-state index contributed by atoms with van der Waals surface area (Å²) < 4.78 is 0. The van der Waals surface area contributed by atoms with Crippen LogP contribution < -0.4 is 11.1 Å². The molecule has 0 aromatic carbocycles. The van der Waals surface area contributed by atoms with Gasteiger partial charge in [-0.25, -0.2) is 0 Å². The van der Waals surface area contributed by atoms with E-state index in [2.05, 4.69) is 21.4 Å². The quantitative estimate of drug-likeness (QED) is 0.813. The summed E-state index contributed by atoms with van der Waals surface area (Å²) in [5.74, 6) is 0. The van der Waals surface area contributed by atoms with Crippen LogP contribution in [-0.2, 0) is 6.42 Å². The van der Waals surface area contributed by atoms with Crippen LogP contribution in [-0.4, -0.2) is 16.5 Å². The highest BCUT2D eigenvalue weighted by atomic mass is 14.9. The van der Waals surface area contributed by atoms with Crippen LogP contribution in [0.15, 0.2) is 43.0 Å². The Morgan fingerprint density at radius 3 is 2.75 bits per heavy atom. The largest absolute Gasteiger partial charge is 0.396 e. The van der Waals surface area contributed by atoms with E-state index in [-0.39, 0.29) is 0 Å². The molecule has 0 aliphatic rings. The number of nitrogens with two attached hydrogens (primary N) is 1. The first-order chi connectivity index (χ1) is 7.86. The zero-order valence-corrected chi connectivity index (χ0v) is 8.93. The lowest BCUT2D eigenvalue weighted by molar-refractivity contribution is 1.00. The Labute approximate surface area is 94.5 Å².